The van der Waals surface area contributed by atoms with E-state index in [-0.39, 0.29) is 5.41 Å². The summed E-state index contributed by atoms with van der Waals surface area (Å²) in [5.74, 6) is 2.61. The molecule has 0 amide bonds. The maximum absolute atomic E-state index is 5.67. The molecule has 0 radical (unpaired) electrons. The van der Waals surface area contributed by atoms with E-state index < -0.39 is 5.41 Å². The van der Waals surface area contributed by atoms with Crippen LogP contribution in [0.25, 0.3) is 88.0 Å². The summed E-state index contributed by atoms with van der Waals surface area (Å²) in [6.07, 6.45) is 8.58. The van der Waals surface area contributed by atoms with Crippen molar-refractivity contribution in [2.75, 3.05) is 0 Å². The van der Waals surface area contributed by atoms with Gasteiger partial charge in [-0.1, -0.05) is 220 Å². The highest BCUT2D eigenvalue weighted by molar-refractivity contribution is 7.26. The van der Waals surface area contributed by atoms with E-state index in [1.807, 2.05) is 36.4 Å². The van der Waals surface area contributed by atoms with E-state index in [9.17, 15) is 0 Å². The minimum absolute atomic E-state index is 0.218. The zero-order chi connectivity index (χ0) is 48.7. The molecule has 8 aromatic carbocycles. The fourth-order valence-corrected chi connectivity index (χ4v) is 13.1. The minimum atomic E-state index is -0.521. The fraction of sp³-hybridized carbons (Fsp3) is 0.0896. The highest BCUT2D eigenvalue weighted by Gasteiger charge is 2.51. The van der Waals surface area contributed by atoms with Crippen LogP contribution in [0.3, 0.4) is 0 Å². The molecule has 3 aliphatic rings. The molecule has 3 heterocycles. The van der Waals surface area contributed by atoms with Gasteiger partial charge >= 0.3 is 0 Å². The van der Waals surface area contributed by atoms with Crippen LogP contribution in [0.5, 0.6) is 0 Å². The van der Waals surface area contributed by atoms with Gasteiger partial charge in [0, 0.05) is 43.3 Å². The Morgan fingerprint density at radius 1 is 0.466 bits per heavy atom. The highest BCUT2D eigenvalue weighted by atomic mass is 32.1. The van der Waals surface area contributed by atoms with Gasteiger partial charge in [-0.15, -0.1) is 11.3 Å². The Morgan fingerprint density at radius 2 is 1.03 bits per heavy atom. The summed E-state index contributed by atoms with van der Waals surface area (Å²) < 4.78 is 2.27. The Hall–Kier alpha value is -8.71. The molecule has 1 spiro atoms. The van der Waals surface area contributed by atoms with E-state index in [0.717, 1.165) is 78.1 Å². The van der Waals surface area contributed by atoms with Crippen molar-refractivity contribution < 1.29 is 0 Å². The summed E-state index contributed by atoms with van der Waals surface area (Å²) in [6.45, 7) is 4.76. The van der Waals surface area contributed by atoms with Crippen molar-refractivity contribution in [3.63, 3.8) is 0 Å². The third-order valence-electron chi connectivity index (χ3n) is 15.4. The van der Waals surface area contributed by atoms with Crippen LogP contribution < -0.4 is 0 Å². The molecule has 3 aliphatic carbocycles. The number of thiophene rings is 1. The van der Waals surface area contributed by atoms with Crippen LogP contribution in [-0.2, 0) is 17.3 Å². The molecule has 0 unspecified atom stereocenters. The van der Waals surface area contributed by atoms with E-state index >= 15 is 0 Å². The van der Waals surface area contributed by atoms with Crippen molar-refractivity contribution >= 4 is 42.8 Å². The zero-order valence-corrected chi connectivity index (χ0v) is 41.2. The van der Waals surface area contributed by atoms with Crippen molar-refractivity contribution in [3.8, 4) is 56.5 Å². The van der Waals surface area contributed by atoms with E-state index in [4.69, 9.17) is 24.9 Å². The summed E-state index contributed by atoms with van der Waals surface area (Å²) in [5, 5.41) is 1.14. The summed E-state index contributed by atoms with van der Waals surface area (Å²) >= 11 is 1.77. The smallest absolute Gasteiger partial charge is 0.164 e. The van der Waals surface area contributed by atoms with E-state index in [2.05, 4.69) is 202 Å². The summed E-state index contributed by atoms with van der Waals surface area (Å²) in [5.41, 5.74) is 18.5. The van der Waals surface area contributed by atoms with Crippen LogP contribution in [-0.4, -0.2) is 24.9 Å². The monoisotopic (exact) mass is 953 g/mol. The number of allylic oxidation sites excluding steroid dienone is 6. The lowest BCUT2D eigenvalue weighted by atomic mass is 9.52. The average Bonchev–Trinajstić information content (AvgIpc) is 3.68. The van der Waals surface area contributed by atoms with Crippen molar-refractivity contribution in [1.29, 1.82) is 0 Å². The van der Waals surface area contributed by atoms with Crippen LogP contribution >= 0.6 is 11.3 Å². The van der Waals surface area contributed by atoms with Gasteiger partial charge in [0.2, 0.25) is 0 Å². The van der Waals surface area contributed by atoms with Gasteiger partial charge in [-0.2, -0.15) is 0 Å². The first kappa shape index (κ1) is 43.1. The van der Waals surface area contributed by atoms with Crippen LogP contribution in [0.1, 0.15) is 59.5 Å². The van der Waals surface area contributed by atoms with E-state index in [1.165, 1.54) is 43.7 Å². The average molecular weight is 954 g/mol. The summed E-state index contributed by atoms with van der Waals surface area (Å²) in [6, 6.07) is 73.6. The minimum Gasteiger partial charge on any atom is -0.227 e. The SMILES string of the molecule is CC1(C)c2ccccc2C2(Cc3cccc(-c4nc(-c5ccccc5)nc(-c5ccccc5)n4)c3C3=C2C=CCC(c2nc(-c4cccc(-c5ccccc5)c4)c4sc5ccccc5c4n2)=C3)c2ccccc21. The predicted molar refractivity (Wildman–Crippen MR) is 300 cm³/mol. The topological polar surface area (TPSA) is 64.5 Å². The Morgan fingerprint density at radius 3 is 1.71 bits per heavy atom. The first-order chi connectivity index (χ1) is 35.9. The number of rotatable bonds is 6. The molecule has 0 aliphatic heterocycles. The van der Waals surface area contributed by atoms with Gasteiger partial charge in [-0.05, 0) is 86.7 Å². The second kappa shape index (κ2) is 17.0. The molecule has 346 valence electrons. The molecule has 3 aromatic heterocycles. The molecule has 0 fully saturated rings. The molecule has 0 N–H and O–H groups in total. The van der Waals surface area contributed by atoms with Crippen LogP contribution in [0.2, 0.25) is 0 Å². The third-order valence-corrected chi connectivity index (χ3v) is 16.5. The molecular formula is C67H47N5S. The zero-order valence-electron chi connectivity index (χ0n) is 40.4. The number of hydrogen-bond donors (Lipinski definition) is 0. The predicted octanol–water partition coefficient (Wildman–Crippen LogP) is 16.3. The number of nitrogens with zero attached hydrogens (tertiary/aromatic N) is 5. The molecule has 5 nitrogen and oxygen atoms in total. The van der Waals surface area contributed by atoms with Crippen molar-refractivity contribution in [2.45, 2.75) is 37.5 Å². The lowest BCUT2D eigenvalue weighted by Gasteiger charge is -2.50. The Bertz CT molecular complexity index is 4000. The molecule has 0 bridgehead atoms. The number of aromatic nitrogens is 5. The fourth-order valence-electron chi connectivity index (χ4n) is 12.0. The lowest BCUT2D eigenvalue weighted by molar-refractivity contribution is 0.508. The molecular weight excluding hydrogens is 907 g/mol. The molecule has 14 rings (SSSR count). The number of fused-ring (bicyclic) bond motifs is 10. The third kappa shape index (κ3) is 6.92. The number of hydrogen-bond acceptors (Lipinski definition) is 6. The van der Waals surface area contributed by atoms with Gasteiger partial charge in [-0.25, -0.2) is 24.9 Å². The Labute approximate surface area is 428 Å². The molecule has 0 saturated carbocycles. The molecule has 0 atom stereocenters. The van der Waals surface area contributed by atoms with E-state index in [1.54, 1.807) is 11.3 Å². The molecule has 6 heteroatoms. The molecule has 11 aromatic rings. The maximum Gasteiger partial charge on any atom is 0.164 e. The van der Waals surface area contributed by atoms with Crippen LogP contribution in [0.4, 0.5) is 0 Å². The van der Waals surface area contributed by atoms with Gasteiger partial charge in [-0.3, -0.25) is 0 Å². The number of benzene rings is 8. The van der Waals surface area contributed by atoms with E-state index in [0.29, 0.717) is 23.9 Å². The Kier molecular flexibility index (Phi) is 10.0. The second-order valence-corrected chi connectivity index (χ2v) is 21.0. The first-order valence-electron chi connectivity index (χ1n) is 25.1. The quantitative estimate of drug-likeness (QED) is 0.166. The van der Waals surface area contributed by atoms with Gasteiger partial charge in [0.1, 0.15) is 0 Å². The van der Waals surface area contributed by atoms with Gasteiger partial charge < -0.3 is 0 Å². The normalized spacial score (nSPS) is 15.1. The van der Waals surface area contributed by atoms with Gasteiger partial charge in [0.05, 0.1) is 21.3 Å². The summed E-state index contributed by atoms with van der Waals surface area (Å²) in [7, 11) is 0. The van der Waals surface area contributed by atoms with Gasteiger partial charge in [0.15, 0.2) is 23.3 Å². The standard InChI is InChI=1S/C67H47N5S/c1-66(2)53-33-13-15-35-55(53)67(56-36-16-14-34-54(56)66)41-48-30-19-32-50(65-71-62(43-23-8-4-9-24-43)70-63(72-65)44-25-10-5-11-26-44)58(48)51-40-47(29-20-37-52(51)67)64-68-59(61-60(69-64)49-31-12-17-38-57(49)73-61)46-28-18-27-45(39-46)42-21-6-3-7-22-42/h3-28,30-40H,29,41H2,1-2H3. The van der Waals surface area contributed by atoms with Crippen LogP contribution in [0.15, 0.2) is 230 Å². The van der Waals surface area contributed by atoms with Gasteiger partial charge in [0.25, 0.3) is 0 Å². The lowest BCUT2D eigenvalue weighted by Crippen LogP contribution is -2.44. The first-order valence-corrected chi connectivity index (χ1v) is 25.9. The van der Waals surface area contributed by atoms with Crippen molar-refractivity contribution in [2.24, 2.45) is 0 Å². The maximum atomic E-state index is 5.67. The molecule has 0 saturated heterocycles. The Balaban J connectivity index is 1.06. The largest absolute Gasteiger partial charge is 0.227 e. The van der Waals surface area contributed by atoms with Crippen molar-refractivity contribution in [3.05, 3.63) is 269 Å². The van der Waals surface area contributed by atoms with Crippen molar-refractivity contribution in [1.82, 2.24) is 24.9 Å². The second-order valence-electron chi connectivity index (χ2n) is 19.9. The molecule has 73 heavy (non-hydrogen) atoms. The summed E-state index contributed by atoms with van der Waals surface area (Å²) in [4.78, 5) is 27.1. The highest BCUT2D eigenvalue weighted by Crippen LogP contribution is 2.59. The van der Waals surface area contributed by atoms with Crippen LogP contribution in [0, 0.1) is 0 Å².